The Bertz CT molecular complexity index is 687. The largest absolute Gasteiger partial charge is 0.497 e. The number of carbonyl (C=O) groups is 1. The lowest BCUT2D eigenvalue weighted by molar-refractivity contribution is 0.0486. The van der Waals surface area contributed by atoms with E-state index in [0.29, 0.717) is 31.2 Å². The standard InChI is InChI=1S/C18H22N2O4/c1-13-11-16(20-24-13)17(21)19-12-18(7-9-23-10-8-18)14-3-5-15(22-2)6-4-14/h3-6,11H,7-10,12H2,1-2H3,(H,19,21). The van der Waals surface area contributed by atoms with E-state index in [4.69, 9.17) is 14.0 Å². The van der Waals surface area contributed by atoms with E-state index >= 15 is 0 Å². The van der Waals surface area contributed by atoms with Crippen LogP contribution < -0.4 is 10.1 Å². The second-order valence-electron chi connectivity index (χ2n) is 6.13. The molecule has 1 aromatic carbocycles. The second kappa shape index (κ2) is 7.05. The Morgan fingerprint density at radius 1 is 1.29 bits per heavy atom. The topological polar surface area (TPSA) is 73.6 Å². The van der Waals surface area contributed by atoms with Crippen molar-refractivity contribution in [3.63, 3.8) is 0 Å². The molecule has 3 rings (SSSR count). The van der Waals surface area contributed by atoms with E-state index in [0.717, 1.165) is 18.6 Å². The second-order valence-corrected chi connectivity index (χ2v) is 6.13. The molecule has 24 heavy (non-hydrogen) atoms. The minimum atomic E-state index is -0.216. The van der Waals surface area contributed by atoms with Gasteiger partial charge in [0, 0.05) is 31.2 Å². The molecule has 0 spiro atoms. The average molecular weight is 330 g/mol. The normalized spacial score (nSPS) is 16.6. The highest BCUT2D eigenvalue weighted by Crippen LogP contribution is 2.35. The molecule has 0 bridgehead atoms. The molecular formula is C18H22N2O4. The number of benzene rings is 1. The van der Waals surface area contributed by atoms with Crippen LogP contribution >= 0.6 is 0 Å². The van der Waals surface area contributed by atoms with Gasteiger partial charge in [0.15, 0.2) is 5.69 Å². The molecule has 6 heteroatoms. The average Bonchev–Trinajstić information content (AvgIpc) is 3.07. The van der Waals surface area contributed by atoms with Crippen LogP contribution in [0.4, 0.5) is 0 Å². The summed E-state index contributed by atoms with van der Waals surface area (Å²) in [4.78, 5) is 12.3. The number of rotatable bonds is 5. The van der Waals surface area contributed by atoms with Crippen LogP contribution in [0.5, 0.6) is 5.75 Å². The minimum absolute atomic E-state index is 0.140. The van der Waals surface area contributed by atoms with Crippen LogP contribution in [0.2, 0.25) is 0 Å². The van der Waals surface area contributed by atoms with E-state index < -0.39 is 0 Å². The highest BCUT2D eigenvalue weighted by molar-refractivity contribution is 5.92. The molecule has 0 aliphatic carbocycles. The van der Waals surface area contributed by atoms with E-state index in [-0.39, 0.29) is 11.3 Å². The van der Waals surface area contributed by atoms with E-state index in [1.807, 2.05) is 12.1 Å². The van der Waals surface area contributed by atoms with Gasteiger partial charge in [0.2, 0.25) is 0 Å². The van der Waals surface area contributed by atoms with Crippen molar-refractivity contribution in [3.05, 3.63) is 47.3 Å². The molecule has 128 valence electrons. The van der Waals surface area contributed by atoms with Crippen molar-refractivity contribution < 1.29 is 18.8 Å². The van der Waals surface area contributed by atoms with Gasteiger partial charge >= 0.3 is 0 Å². The van der Waals surface area contributed by atoms with Crippen LogP contribution in [0.3, 0.4) is 0 Å². The van der Waals surface area contributed by atoms with Crippen LogP contribution in [0.1, 0.15) is 34.7 Å². The number of carbonyl (C=O) groups excluding carboxylic acids is 1. The Labute approximate surface area is 141 Å². The lowest BCUT2D eigenvalue weighted by Crippen LogP contribution is -2.44. The maximum absolute atomic E-state index is 12.3. The minimum Gasteiger partial charge on any atom is -0.497 e. The lowest BCUT2D eigenvalue weighted by atomic mass is 9.74. The SMILES string of the molecule is COc1ccc(C2(CNC(=O)c3cc(C)on3)CCOCC2)cc1. The van der Waals surface area contributed by atoms with Gasteiger partial charge in [-0.2, -0.15) is 0 Å². The number of hydrogen-bond acceptors (Lipinski definition) is 5. The molecule has 6 nitrogen and oxygen atoms in total. The van der Waals surface area contributed by atoms with Gasteiger partial charge in [-0.05, 0) is 37.5 Å². The van der Waals surface area contributed by atoms with Crippen molar-refractivity contribution in [2.45, 2.75) is 25.2 Å². The fraction of sp³-hybridized carbons (Fsp3) is 0.444. The summed E-state index contributed by atoms with van der Waals surface area (Å²) in [6.07, 6.45) is 1.72. The summed E-state index contributed by atoms with van der Waals surface area (Å²) in [7, 11) is 1.65. The summed E-state index contributed by atoms with van der Waals surface area (Å²) in [6, 6.07) is 9.68. The van der Waals surface area contributed by atoms with Gasteiger partial charge in [0.05, 0.1) is 7.11 Å². The summed E-state index contributed by atoms with van der Waals surface area (Å²) in [5.41, 5.74) is 1.35. The molecule has 0 unspecified atom stereocenters. The van der Waals surface area contributed by atoms with Gasteiger partial charge < -0.3 is 19.3 Å². The molecule has 1 fully saturated rings. The third kappa shape index (κ3) is 3.43. The Morgan fingerprint density at radius 3 is 2.58 bits per heavy atom. The van der Waals surface area contributed by atoms with Crippen LogP contribution in [0.25, 0.3) is 0 Å². The summed E-state index contributed by atoms with van der Waals surface area (Å²) >= 11 is 0. The Balaban J connectivity index is 1.76. The molecule has 0 atom stereocenters. The number of hydrogen-bond donors (Lipinski definition) is 1. The number of ether oxygens (including phenoxy) is 2. The Hall–Kier alpha value is -2.34. The maximum Gasteiger partial charge on any atom is 0.273 e. The summed E-state index contributed by atoms with van der Waals surface area (Å²) in [6.45, 7) is 3.67. The molecular weight excluding hydrogens is 308 g/mol. The first-order valence-electron chi connectivity index (χ1n) is 8.07. The number of nitrogens with zero attached hydrogens (tertiary/aromatic N) is 1. The first kappa shape index (κ1) is 16.5. The summed E-state index contributed by atoms with van der Waals surface area (Å²) < 4.78 is 15.7. The summed E-state index contributed by atoms with van der Waals surface area (Å²) in [5, 5.41) is 6.77. The zero-order valence-electron chi connectivity index (χ0n) is 14.0. The van der Waals surface area contributed by atoms with Gasteiger partial charge in [0.1, 0.15) is 11.5 Å². The van der Waals surface area contributed by atoms with Crippen LogP contribution in [-0.4, -0.2) is 37.9 Å². The number of aromatic nitrogens is 1. The first-order chi connectivity index (χ1) is 11.6. The monoisotopic (exact) mass is 330 g/mol. The van der Waals surface area contributed by atoms with E-state index in [1.54, 1.807) is 20.1 Å². The predicted molar refractivity (Wildman–Crippen MR) is 88.3 cm³/mol. The van der Waals surface area contributed by atoms with E-state index in [2.05, 4.69) is 22.6 Å². The van der Waals surface area contributed by atoms with Crippen molar-refractivity contribution in [1.82, 2.24) is 10.5 Å². The quantitative estimate of drug-likeness (QED) is 0.912. The Morgan fingerprint density at radius 2 is 2.00 bits per heavy atom. The molecule has 1 saturated heterocycles. The van der Waals surface area contributed by atoms with Crippen LogP contribution in [0.15, 0.2) is 34.9 Å². The van der Waals surface area contributed by atoms with Crippen molar-refractivity contribution in [2.75, 3.05) is 26.9 Å². The van der Waals surface area contributed by atoms with E-state index in [9.17, 15) is 4.79 Å². The Kier molecular flexibility index (Phi) is 4.85. The van der Waals surface area contributed by atoms with Gasteiger partial charge in [-0.25, -0.2) is 0 Å². The third-order valence-corrected chi connectivity index (χ3v) is 4.60. The van der Waals surface area contributed by atoms with Crippen molar-refractivity contribution >= 4 is 5.91 Å². The highest BCUT2D eigenvalue weighted by atomic mass is 16.5. The molecule has 1 aliphatic heterocycles. The molecule has 1 aliphatic rings. The fourth-order valence-corrected chi connectivity index (χ4v) is 3.09. The molecule has 2 heterocycles. The predicted octanol–water partition coefficient (Wildman–Crippen LogP) is 2.47. The van der Waals surface area contributed by atoms with Crippen LogP contribution in [0, 0.1) is 6.92 Å². The zero-order valence-corrected chi connectivity index (χ0v) is 14.0. The third-order valence-electron chi connectivity index (χ3n) is 4.60. The van der Waals surface area contributed by atoms with Gasteiger partial charge in [0.25, 0.3) is 5.91 Å². The fourth-order valence-electron chi connectivity index (χ4n) is 3.09. The number of aryl methyl sites for hydroxylation is 1. The number of nitrogens with one attached hydrogen (secondary N) is 1. The lowest BCUT2D eigenvalue weighted by Gasteiger charge is -2.38. The zero-order chi connectivity index (χ0) is 17.0. The van der Waals surface area contributed by atoms with E-state index in [1.165, 1.54) is 5.56 Å². The van der Waals surface area contributed by atoms with Crippen LogP contribution in [-0.2, 0) is 10.2 Å². The molecule has 0 radical (unpaired) electrons. The highest BCUT2D eigenvalue weighted by Gasteiger charge is 2.35. The molecule has 1 amide bonds. The number of methoxy groups -OCH3 is 1. The van der Waals surface area contributed by atoms with Crippen molar-refractivity contribution in [3.8, 4) is 5.75 Å². The summed E-state index contributed by atoms with van der Waals surface area (Å²) in [5.74, 6) is 1.23. The van der Waals surface area contributed by atoms with Gasteiger partial charge in [-0.3, -0.25) is 4.79 Å². The van der Waals surface area contributed by atoms with Gasteiger partial charge in [-0.15, -0.1) is 0 Å². The van der Waals surface area contributed by atoms with Crippen molar-refractivity contribution in [1.29, 1.82) is 0 Å². The van der Waals surface area contributed by atoms with Gasteiger partial charge in [-0.1, -0.05) is 17.3 Å². The smallest absolute Gasteiger partial charge is 0.273 e. The number of amides is 1. The molecule has 0 saturated carbocycles. The molecule has 1 N–H and O–H groups in total. The molecule has 1 aromatic heterocycles. The molecule has 2 aromatic rings. The van der Waals surface area contributed by atoms with Crippen molar-refractivity contribution in [2.24, 2.45) is 0 Å². The first-order valence-corrected chi connectivity index (χ1v) is 8.07. The maximum atomic E-state index is 12.3.